The number of alkyl halides is 2. The third-order valence-electron chi connectivity index (χ3n) is 5.31. The van der Waals surface area contributed by atoms with E-state index in [9.17, 15) is 27.6 Å². The number of carbonyl (C=O) groups is 3. The quantitative estimate of drug-likeness (QED) is 0.695. The number of nitrogens with zero attached hydrogens (tertiary/aromatic N) is 2. The van der Waals surface area contributed by atoms with Gasteiger partial charge in [-0.2, -0.15) is 0 Å². The molecule has 8 nitrogen and oxygen atoms in total. The predicted molar refractivity (Wildman–Crippen MR) is 108 cm³/mol. The second-order valence-electron chi connectivity index (χ2n) is 7.49. The molecule has 1 aliphatic rings. The van der Waals surface area contributed by atoms with Crippen molar-refractivity contribution >= 4 is 23.4 Å². The third-order valence-corrected chi connectivity index (χ3v) is 5.31. The van der Waals surface area contributed by atoms with Crippen molar-refractivity contribution in [1.82, 2.24) is 9.88 Å². The number of likely N-dealkylation sites (tertiary alicyclic amines) is 1. The maximum absolute atomic E-state index is 14.4. The zero-order valence-corrected chi connectivity index (χ0v) is 17.3. The number of ether oxygens (including phenoxy) is 1. The number of pyridine rings is 1. The first-order chi connectivity index (χ1) is 15.0. The molecule has 0 spiro atoms. The molecule has 1 aromatic carbocycles. The molecular weight excluding hydrogens is 429 g/mol. The van der Waals surface area contributed by atoms with Crippen molar-refractivity contribution in [3.63, 3.8) is 0 Å². The molecule has 170 valence electrons. The van der Waals surface area contributed by atoms with Gasteiger partial charge < -0.3 is 20.7 Å². The smallest absolute Gasteiger partial charge is 0.313 e. The summed E-state index contributed by atoms with van der Waals surface area (Å²) < 4.78 is 47.0. The van der Waals surface area contributed by atoms with E-state index in [1.807, 2.05) is 0 Å². The minimum atomic E-state index is -3.08. The number of nitrogens with one attached hydrogen (secondary N) is 1. The summed E-state index contributed by atoms with van der Waals surface area (Å²) >= 11 is 0. The number of amides is 3. The molecule has 0 saturated carbocycles. The zero-order valence-electron chi connectivity index (χ0n) is 17.3. The van der Waals surface area contributed by atoms with Gasteiger partial charge >= 0.3 is 11.8 Å². The van der Waals surface area contributed by atoms with Crippen molar-refractivity contribution in [3.8, 4) is 5.88 Å². The molecule has 3 amide bonds. The van der Waals surface area contributed by atoms with E-state index >= 15 is 0 Å². The number of aromatic nitrogens is 1. The summed E-state index contributed by atoms with van der Waals surface area (Å²) in [5.74, 6) is -7.93. The molecular formula is C21H21F3N4O4. The lowest BCUT2D eigenvalue weighted by molar-refractivity contribution is -0.159. The molecule has 11 heteroatoms. The highest BCUT2D eigenvalue weighted by atomic mass is 19.3. The van der Waals surface area contributed by atoms with Gasteiger partial charge in [-0.15, -0.1) is 0 Å². The summed E-state index contributed by atoms with van der Waals surface area (Å²) in [6.07, 6.45) is 0.440. The van der Waals surface area contributed by atoms with Gasteiger partial charge in [0.05, 0.1) is 25.0 Å². The summed E-state index contributed by atoms with van der Waals surface area (Å²) in [7, 11) is 1.28. The van der Waals surface area contributed by atoms with Crippen LogP contribution in [0.5, 0.6) is 5.88 Å². The van der Waals surface area contributed by atoms with Crippen LogP contribution in [-0.4, -0.2) is 47.2 Å². The minimum Gasteiger partial charge on any atom is -0.480 e. The number of carbonyl (C=O) groups excluding carboxylic acids is 3. The second-order valence-corrected chi connectivity index (χ2v) is 7.49. The lowest BCUT2D eigenvalue weighted by atomic mass is 9.86. The normalized spacial score (nSPS) is 19.8. The van der Waals surface area contributed by atoms with Crippen LogP contribution in [0.1, 0.15) is 35.3 Å². The Morgan fingerprint density at radius 3 is 2.50 bits per heavy atom. The van der Waals surface area contributed by atoms with Gasteiger partial charge in [0.25, 0.3) is 11.8 Å². The Morgan fingerprint density at radius 2 is 1.91 bits per heavy atom. The first-order valence-electron chi connectivity index (χ1n) is 9.62. The number of nitrogens with two attached hydrogens (primary N) is 1. The van der Waals surface area contributed by atoms with E-state index in [2.05, 4.69) is 10.3 Å². The SMILES string of the molecule is COc1ncc(NC(=O)C(=O)N2C[C@@H](C)C(F)(F)C[C@@H]2c2ccc(F)cc2)cc1C(N)=O. The number of methoxy groups -OCH3 is 1. The molecule has 1 aromatic heterocycles. The van der Waals surface area contributed by atoms with Crippen molar-refractivity contribution in [3.05, 3.63) is 53.5 Å². The lowest BCUT2D eigenvalue weighted by Crippen LogP contribution is -2.52. The average Bonchev–Trinajstić information content (AvgIpc) is 2.75. The Morgan fingerprint density at radius 1 is 1.25 bits per heavy atom. The van der Waals surface area contributed by atoms with Gasteiger partial charge in [-0.3, -0.25) is 14.4 Å². The van der Waals surface area contributed by atoms with Crippen molar-refractivity contribution in [2.45, 2.75) is 25.3 Å². The monoisotopic (exact) mass is 450 g/mol. The Labute approximate surface area is 181 Å². The van der Waals surface area contributed by atoms with Crippen LogP contribution in [0.2, 0.25) is 0 Å². The molecule has 1 saturated heterocycles. The van der Waals surface area contributed by atoms with Crippen LogP contribution in [0.3, 0.4) is 0 Å². The summed E-state index contributed by atoms with van der Waals surface area (Å²) in [6.45, 7) is 0.903. The van der Waals surface area contributed by atoms with E-state index in [1.54, 1.807) is 0 Å². The summed E-state index contributed by atoms with van der Waals surface area (Å²) in [5, 5.41) is 2.30. The fourth-order valence-electron chi connectivity index (χ4n) is 3.51. The molecule has 2 atom stereocenters. The summed E-state index contributed by atoms with van der Waals surface area (Å²) in [4.78, 5) is 42.0. The number of benzene rings is 1. The van der Waals surface area contributed by atoms with Gasteiger partial charge in [-0.25, -0.2) is 18.2 Å². The number of hydrogen-bond acceptors (Lipinski definition) is 5. The number of piperidine rings is 1. The molecule has 1 fully saturated rings. The Kier molecular flexibility index (Phi) is 6.37. The molecule has 3 N–H and O–H groups in total. The number of hydrogen-bond donors (Lipinski definition) is 2. The molecule has 3 rings (SSSR count). The van der Waals surface area contributed by atoms with Gasteiger partial charge in [0.15, 0.2) is 0 Å². The largest absolute Gasteiger partial charge is 0.480 e. The Bertz CT molecular complexity index is 1050. The molecule has 2 aromatic rings. The average molecular weight is 450 g/mol. The van der Waals surface area contributed by atoms with Crippen LogP contribution in [0, 0.1) is 11.7 Å². The highest BCUT2D eigenvalue weighted by Gasteiger charge is 2.48. The first kappa shape index (κ1) is 23.0. The predicted octanol–water partition coefficient (Wildman–Crippen LogP) is 2.51. The van der Waals surface area contributed by atoms with Crippen LogP contribution >= 0.6 is 0 Å². The molecule has 2 heterocycles. The standard InChI is InChI=1S/C21H21F3N4O4/c1-11-10-28(16(8-21(11,23)24)12-3-5-13(22)6-4-12)20(31)18(30)27-14-7-15(17(25)29)19(32-2)26-9-14/h3-7,9,11,16H,8,10H2,1-2H3,(H2,25,29)(H,27,30)/t11-,16-/m1/s1. The van der Waals surface area contributed by atoms with E-state index in [0.717, 1.165) is 23.2 Å². The summed E-state index contributed by atoms with van der Waals surface area (Å²) in [6, 6.07) is 4.86. The van der Waals surface area contributed by atoms with Crippen LogP contribution in [0.15, 0.2) is 36.5 Å². The second kappa shape index (κ2) is 8.85. The highest BCUT2D eigenvalue weighted by Crippen LogP contribution is 2.43. The van der Waals surface area contributed by atoms with Gasteiger partial charge in [-0.05, 0) is 23.8 Å². The maximum atomic E-state index is 14.4. The van der Waals surface area contributed by atoms with Gasteiger partial charge in [0.2, 0.25) is 5.88 Å². The van der Waals surface area contributed by atoms with Crippen LogP contribution in [-0.2, 0) is 9.59 Å². The number of halogens is 3. The third kappa shape index (κ3) is 4.66. The van der Waals surface area contributed by atoms with Crippen LogP contribution in [0.25, 0.3) is 0 Å². The van der Waals surface area contributed by atoms with Crippen molar-refractivity contribution in [1.29, 1.82) is 0 Å². The van der Waals surface area contributed by atoms with Crippen molar-refractivity contribution in [2.24, 2.45) is 11.7 Å². The zero-order chi connectivity index (χ0) is 23.6. The molecule has 0 bridgehead atoms. The maximum Gasteiger partial charge on any atom is 0.313 e. The van der Waals surface area contributed by atoms with E-state index < -0.39 is 47.8 Å². The Balaban J connectivity index is 1.86. The van der Waals surface area contributed by atoms with E-state index in [4.69, 9.17) is 10.5 Å². The molecule has 0 aliphatic carbocycles. The first-order valence-corrected chi connectivity index (χ1v) is 9.62. The number of anilines is 1. The topological polar surface area (TPSA) is 115 Å². The number of primary amides is 1. The van der Waals surface area contributed by atoms with Crippen LogP contribution < -0.4 is 15.8 Å². The van der Waals surface area contributed by atoms with Crippen LogP contribution in [0.4, 0.5) is 18.9 Å². The molecule has 1 aliphatic heterocycles. The Hall–Kier alpha value is -3.63. The summed E-state index contributed by atoms with van der Waals surface area (Å²) in [5.41, 5.74) is 5.41. The highest BCUT2D eigenvalue weighted by molar-refractivity contribution is 6.39. The van der Waals surface area contributed by atoms with E-state index in [0.29, 0.717) is 0 Å². The van der Waals surface area contributed by atoms with E-state index in [1.165, 1.54) is 32.2 Å². The lowest BCUT2D eigenvalue weighted by Gasteiger charge is -2.42. The molecule has 0 radical (unpaired) electrons. The van der Waals surface area contributed by atoms with Crippen molar-refractivity contribution < 1.29 is 32.3 Å². The number of rotatable bonds is 4. The van der Waals surface area contributed by atoms with E-state index in [-0.39, 0.29) is 29.2 Å². The van der Waals surface area contributed by atoms with Gasteiger partial charge in [0, 0.05) is 18.9 Å². The fourth-order valence-corrected chi connectivity index (χ4v) is 3.51. The minimum absolute atomic E-state index is 0.00771. The van der Waals surface area contributed by atoms with Gasteiger partial charge in [-0.1, -0.05) is 19.1 Å². The fraction of sp³-hybridized carbons (Fsp3) is 0.333. The molecule has 0 unspecified atom stereocenters. The van der Waals surface area contributed by atoms with Crippen molar-refractivity contribution in [2.75, 3.05) is 19.0 Å². The molecule has 32 heavy (non-hydrogen) atoms. The van der Waals surface area contributed by atoms with Gasteiger partial charge in [0.1, 0.15) is 11.4 Å².